The van der Waals surface area contributed by atoms with E-state index in [-0.39, 0.29) is 11.4 Å². The van der Waals surface area contributed by atoms with Crippen molar-refractivity contribution in [3.8, 4) is 0 Å². The summed E-state index contributed by atoms with van der Waals surface area (Å²) < 4.78 is 6.05. The van der Waals surface area contributed by atoms with E-state index in [0.717, 1.165) is 32.4 Å². The average molecular weight is 332 g/mol. The van der Waals surface area contributed by atoms with Crippen molar-refractivity contribution in [3.63, 3.8) is 0 Å². The molecule has 2 rings (SSSR count). The zero-order valence-electron chi connectivity index (χ0n) is 10.7. The van der Waals surface area contributed by atoms with Gasteiger partial charge in [0.2, 0.25) is 0 Å². The summed E-state index contributed by atoms with van der Waals surface area (Å²) in [6.07, 6.45) is 2.97. The normalized spacial score (nSPS) is 16.9. The first-order chi connectivity index (χ1) is 8.55. The van der Waals surface area contributed by atoms with E-state index in [1.165, 1.54) is 15.8 Å². The number of carbonyl (C=O) groups is 1. The lowest BCUT2D eigenvalue weighted by atomic mass is 10.1. The lowest BCUT2D eigenvalue weighted by Gasteiger charge is -2.21. The number of ether oxygens (including phenoxy) is 1. The van der Waals surface area contributed by atoms with Crippen molar-refractivity contribution in [2.24, 2.45) is 5.41 Å². The van der Waals surface area contributed by atoms with Crippen LogP contribution >= 0.6 is 27.3 Å². The van der Waals surface area contributed by atoms with Crippen LogP contribution in [-0.2, 0) is 16.0 Å². The van der Waals surface area contributed by atoms with Gasteiger partial charge in [0, 0.05) is 18.0 Å². The molecule has 0 N–H and O–H groups in total. The van der Waals surface area contributed by atoms with Crippen LogP contribution < -0.4 is 0 Å². The Morgan fingerprint density at radius 1 is 1.56 bits per heavy atom. The van der Waals surface area contributed by atoms with E-state index in [0.29, 0.717) is 0 Å². The van der Waals surface area contributed by atoms with Crippen molar-refractivity contribution in [3.05, 3.63) is 20.8 Å². The Morgan fingerprint density at radius 3 is 2.78 bits per heavy atom. The first-order valence-corrected chi connectivity index (χ1v) is 7.68. The average Bonchev–Trinajstić information content (AvgIpc) is 3.01. The summed E-state index contributed by atoms with van der Waals surface area (Å²) in [6, 6.07) is 4.23. The second kappa shape index (κ2) is 5.72. The summed E-state index contributed by atoms with van der Waals surface area (Å²) in [5.74, 6) is -0.0479. The maximum atomic E-state index is 11.7. The molecule has 1 saturated carbocycles. The molecule has 0 saturated heterocycles. The Kier molecular flexibility index (Phi) is 4.45. The number of hydrogen-bond acceptors (Lipinski definition) is 4. The van der Waals surface area contributed by atoms with Gasteiger partial charge in [0.25, 0.3) is 0 Å². The predicted molar refractivity (Wildman–Crippen MR) is 76.9 cm³/mol. The zero-order chi connectivity index (χ0) is 13.2. The molecule has 0 bridgehead atoms. The summed E-state index contributed by atoms with van der Waals surface area (Å²) in [6.45, 7) is 1.79. The van der Waals surface area contributed by atoms with Crippen LogP contribution in [0.25, 0.3) is 0 Å². The fourth-order valence-corrected chi connectivity index (χ4v) is 3.65. The minimum Gasteiger partial charge on any atom is -0.469 e. The molecule has 1 aliphatic rings. The maximum Gasteiger partial charge on any atom is 0.313 e. The number of carbonyl (C=O) groups excluding carboxylic acids is 1. The lowest BCUT2D eigenvalue weighted by Crippen LogP contribution is -2.33. The molecule has 1 aromatic rings. The Morgan fingerprint density at radius 2 is 2.28 bits per heavy atom. The smallest absolute Gasteiger partial charge is 0.313 e. The van der Waals surface area contributed by atoms with E-state index < -0.39 is 0 Å². The third-order valence-electron chi connectivity index (χ3n) is 3.41. The van der Waals surface area contributed by atoms with Gasteiger partial charge in [-0.15, -0.1) is 11.3 Å². The van der Waals surface area contributed by atoms with Crippen LogP contribution in [0.5, 0.6) is 0 Å². The SMILES string of the molecule is COC(=O)C1(CN(C)CCc2ccc(Br)s2)CC1. The number of likely N-dealkylation sites (N-methyl/N-ethyl adjacent to an activating group) is 1. The van der Waals surface area contributed by atoms with E-state index in [9.17, 15) is 4.79 Å². The minimum absolute atomic E-state index is 0.0479. The van der Waals surface area contributed by atoms with Crippen molar-refractivity contribution >= 4 is 33.2 Å². The van der Waals surface area contributed by atoms with Crippen molar-refractivity contribution < 1.29 is 9.53 Å². The summed E-state index contributed by atoms with van der Waals surface area (Å²) >= 11 is 5.24. The number of rotatable bonds is 6. The monoisotopic (exact) mass is 331 g/mol. The fourth-order valence-electron chi connectivity index (χ4n) is 2.18. The second-order valence-corrected chi connectivity index (χ2v) is 7.51. The molecule has 1 aromatic heterocycles. The van der Waals surface area contributed by atoms with E-state index >= 15 is 0 Å². The first-order valence-electron chi connectivity index (χ1n) is 6.07. The number of esters is 1. The zero-order valence-corrected chi connectivity index (χ0v) is 13.1. The van der Waals surface area contributed by atoms with Gasteiger partial charge in [-0.2, -0.15) is 0 Å². The molecule has 1 aliphatic carbocycles. The summed E-state index contributed by atoms with van der Waals surface area (Å²) in [5.41, 5.74) is -0.209. The molecule has 18 heavy (non-hydrogen) atoms. The fraction of sp³-hybridized carbons (Fsp3) is 0.615. The van der Waals surface area contributed by atoms with Crippen LogP contribution in [-0.4, -0.2) is 38.1 Å². The molecule has 0 aliphatic heterocycles. The molecule has 0 aromatic carbocycles. The highest BCUT2D eigenvalue weighted by Gasteiger charge is 2.51. The minimum atomic E-state index is -0.209. The van der Waals surface area contributed by atoms with E-state index in [1.807, 2.05) is 0 Å². The molecular weight excluding hydrogens is 314 g/mol. The Balaban J connectivity index is 1.79. The highest BCUT2D eigenvalue weighted by molar-refractivity contribution is 9.11. The molecular formula is C13H18BrNO2S. The van der Waals surface area contributed by atoms with Crippen LogP contribution in [0.4, 0.5) is 0 Å². The topological polar surface area (TPSA) is 29.5 Å². The molecule has 0 amide bonds. The van der Waals surface area contributed by atoms with Gasteiger partial charge in [-0.25, -0.2) is 0 Å². The molecule has 5 heteroatoms. The van der Waals surface area contributed by atoms with Crippen LogP contribution in [0.3, 0.4) is 0 Å². The standard InChI is InChI=1S/C13H18BrNO2S/c1-15(8-5-10-3-4-11(14)18-10)9-13(6-7-13)12(16)17-2/h3-4H,5-9H2,1-2H3. The molecule has 0 unspecified atom stereocenters. The van der Waals surface area contributed by atoms with Gasteiger partial charge in [-0.05, 0) is 54.4 Å². The van der Waals surface area contributed by atoms with Gasteiger partial charge in [-0.3, -0.25) is 4.79 Å². The van der Waals surface area contributed by atoms with Crippen molar-refractivity contribution in [2.75, 3.05) is 27.2 Å². The Hall–Kier alpha value is -0.390. The molecule has 0 spiro atoms. The first kappa shape index (κ1) is 14.0. The number of halogens is 1. The summed E-state index contributed by atoms with van der Waals surface area (Å²) in [5, 5.41) is 0. The van der Waals surface area contributed by atoms with Crippen LogP contribution in [0.2, 0.25) is 0 Å². The molecule has 1 heterocycles. The molecule has 100 valence electrons. The molecule has 1 fully saturated rings. The number of thiophene rings is 1. The van der Waals surface area contributed by atoms with Gasteiger partial charge in [0.05, 0.1) is 16.3 Å². The van der Waals surface area contributed by atoms with Gasteiger partial charge in [0.1, 0.15) is 0 Å². The number of methoxy groups -OCH3 is 1. The van der Waals surface area contributed by atoms with Crippen LogP contribution in [0, 0.1) is 5.41 Å². The predicted octanol–water partition coefficient (Wildman–Crippen LogP) is 2.94. The second-order valence-electron chi connectivity index (χ2n) is 4.97. The molecule has 0 radical (unpaired) electrons. The van der Waals surface area contributed by atoms with Crippen molar-refractivity contribution in [1.82, 2.24) is 4.90 Å². The largest absolute Gasteiger partial charge is 0.469 e. The maximum absolute atomic E-state index is 11.7. The van der Waals surface area contributed by atoms with Gasteiger partial charge in [0.15, 0.2) is 0 Å². The van der Waals surface area contributed by atoms with Crippen molar-refractivity contribution in [1.29, 1.82) is 0 Å². The van der Waals surface area contributed by atoms with E-state index in [2.05, 4.69) is 40.0 Å². The van der Waals surface area contributed by atoms with Gasteiger partial charge in [-0.1, -0.05) is 0 Å². The third-order valence-corrected chi connectivity index (χ3v) is 5.10. The van der Waals surface area contributed by atoms with Gasteiger partial charge >= 0.3 is 5.97 Å². The molecule has 0 atom stereocenters. The number of nitrogens with zero attached hydrogens (tertiary/aromatic N) is 1. The molecule has 3 nitrogen and oxygen atoms in total. The third kappa shape index (κ3) is 3.33. The summed E-state index contributed by atoms with van der Waals surface area (Å²) in [7, 11) is 3.55. The van der Waals surface area contributed by atoms with Crippen molar-refractivity contribution in [2.45, 2.75) is 19.3 Å². The number of hydrogen-bond donors (Lipinski definition) is 0. The van der Waals surface area contributed by atoms with E-state index in [1.54, 1.807) is 11.3 Å². The highest BCUT2D eigenvalue weighted by Crippen LogP contribution is 2.47. The summed E-state index contributed by atoms with van der Waals surface area (Å²) in [4.78, 5) is 15.3. The van der Waals surface area contributed by atoms with Crippen LogP contribution in [0.15, 0.2) is 15.9 Å². The highest BCUT2D eigenvalue weighted by atomic mass is 79.9. The van der Waals surface area contributed by atoms with Gasteiger partial charge < -0.3 is 9.64 Å². The Bertz CT molecular complexity index is 428. The Labute approximate surface area is 120 Å². The van der Waals surface area contributed by atoms with E-state index in [4.69, 9.17) is 4.74 Å². The quantitative estimate of drug-likeness (QED) is 0.750. The van der Waals surface area contributed by atoms with Crippen LogP contribution in [0.1, 0.15) is 17.7 Å². The lowest BCUT2D eigenvalue weighted by molar-refractivity contribution is -0.147.